The van der Waals surface area contributed by atoms with Gasteiger partial charge >= 0.3 is 11.9 Å². The van der Waals surface area contributed by atoms with E-state index in [1.54, 1.807) is 0 Å². The molecule has 0 bridgehead atoms. The summed E-state index contributed by atoms with van der Waals surface area (Å²) in [4.78, 5) is 20.3. The second kappa shape index (κ2) is 4.79. The molecule has 0 amide bonds. The van der Waals surface area contributed by atoms with E-state index in [9.17, 15) is 9.59 Å². The lowest BCUT2D eigenvalue weighted by Gasteiger charge is -1.95. The summed E-state index contributed by atoms with van der Waals surface area (Å²) in [5.74, 6) is -2.13. The molecule has 0 radical (unpaired) electrons. The molecule has 0 aliphatic rings. The minimum Gasteiger partial charge on any atom is -0.478 e. The lowest BCUT2D eigenvalue weighted by Crippen LogP contribution is -2.04. The molecule has 0 aliphatic carbocycles. The fourth-order valence-corrected chi connectivity index (χ4v) is 0.751. The Hall–Kier alpha value is -0.970. The molecule has 62 valence electrons. The molecular formula is C6H8O4S. The molecule has 0 rings (SSSR count). The van der Waals surface area contributed by atoms with Crippen molar-refractivity contribution in [3.8, 4) is 0 Å². The zero-order chi connectivity index (χ0) is 8.85. The van der Waals surface area contributed by atoms with Gasteiger partial charge in [0.1, 0.15) is 0 Å². The van der Waals surface area contributed by atoms with Crippen LogP contribution in [0.1, 0.15) is 6.42 Å². The Morgan fingerprint density at radius 1 is 1.36 bits per heavy atom. The number of hydrogen-bond acceptors (Lipinski definition) is 3. The SMILES string of the molecule is O=C(O)/C=C(/CCS)C(=O)O. The van der Waals surface area contributed by atoms with Crippen LogP contribution >= 0.6 is 12.6 Å². The van der Waals surface area contributed by atoms with E-state index >= 15 is 0 Å². The first-order valence-electron chi connectivity index (χ1n) is 2.85. The van der Waals surface area contributed by atoms with E-state index in [1.807, 2.05) is 0 Å². The van der Waals surface area contributed by atoms with Gasteiger partial charge in [0.05, 0.1) is 0 Å². The van der Waals surface area contributed by atoms with E-state index in [-0.39, 0.29) is 12.0 Å². The van der Waals surface area contributed by atoms with Gasteiger partial charge in [-0.25, -0.2) is 9.59 Å². The maximum absolute atomic E-state index is 10.3. The highest BCUT2D eigenvalue weighted by Gasteiger charge is 2.07. The molecule has 0 aromatic heterocycles. The molecule has 4 nitrogen and oxygen atoms in total. The van der Waals surface area contributed by atoms with Crippen LogP contribution in [0.15, 0.2) is 11.6 Å². The van der Waals surface area contributed by atoms with Crippen LogP contribution in [-0.4, -0.2) is 27.9 Å². The van der Waals surface area contributed by atoms with Crippen LogP contribution in [-0.2, 0) is 9.59 Å². The van der Waals surface area contributed by atoms with E-state index in [0.717, 1.165) is 0 Å². The number of carbonyl (C=O) groups is 2. The van der Waals surface area contributed by atoms with Gasteiger partial charge in [-0.15, -0.1) is 0 Å². The molecule has 0 heterocycles. The highest BCUT2D eigenvalue weighted by atomic mass is 32.1. The summed E-state index contributed by atoms with van der Waals surface area (Å²) in [5, 5.41) is 16.6. The van der Waals surface area contributed by atoms with E-state index in [0.29, 0.717) is 11.8 Å². The van der Waals surface area contributed by atoms with E-state index in [2.05, 4.69) is 12.6 Å². The highest BCUT2D eigenvalue weighted by Crippen LogP contribution is 2.02. The molecule has 0 fully saturated rings. The quantitative estimate of drug-likeness (QED) is 0.428. The van der Waals surface area contributed by atoms with Crippen LogP contribution in [0, 0.1) is 0 Å². The summed E-state index contributed by atoms with van der Waals surface area (Å²) in [6.45, 7) is 0. The molecule has 0 aliphatic heterocycles. The van der Waals surface area contributed by atoms with Gasteiger partial charge in [-0.05, 0) is 12.2 Å². The first-order chi connectivity index (χ1) is 5.07. The highest BCUT2D eigenvalue weighted by molar-refractivity contribution is 7.80. The summed E-state index contributed by atoms with van der Waals surface area (Å²) in [6, 6.07) is 0. The van der Waals surface area contributed by atoms with Crippen molar-refractivity contribution < 1.29 is 19.8 Å². The molecule has 0 aromatic carbocycles. The van der Waals surface area contributed by atoms with Gasteiger partial charge in [0.15, 0.2) is 0 Å². The second-order valence-corrected chi connectivity index (χ2v) is 2.23. The molecule has 2 N–H and O–H groups in total. The predicted molar refractivity (Wildman–Crippen MR) is 41.8 cm³/mol. The van der Waals surface area contributed by atoms with Crippen LogP contribution in [0.2, 0.25) is 0 Å². The number of rotatable bonds is 4. The van der Waals surface area contributed by atoms with Crippen molar-refractivity contribution in [2.45, 2.75) is 6.42 Å². The summed E-state index contributed by atoms with van der Waals surface area (Å²) >= 11 is 3.78. The fraction of sp³-hybridized carbons (Fsp3) is 0.333. The molecule has 0 spiro atoms. The Kier molecular flexibility index (Phi) is 4.36. The Balaban J connectivity index is 4.32. The van der Waals surface area contributed by atoms with Crippen molar-refractivity contribution in [2.24, 2.45) is 0 Å². The monoisotopic (exact) mass is 176 g/mol. The minimum absolute atomic E-state index is 0.132. The first kappa shape index (κ1) is 10.0. The average molecular weight is 176 g/mol. The summed E-state index contributed by atoms with van der Waals surface area (Å²) in [6.07, 6.45) is 0.837. The van der Waals surface area contributed by atoms with Crippen molar-refractivity contribution in [2.75, 3.05) is 5.75 Å². The standard InChI is InChI=1S/C6H8O4S/c7-5(8)3-4(1-2-11)6(9)10/h3,11H,1-2H2,(H,7,8)(H,9,10)/b4-3-. The lowest BCUT2D eigenvalue weighted by atomic mass is 10.2. The lowest BCUT2D eigenvalue weighted by molar-refractivity contribution is -0.135. The third kappa shape index (κ3) is 4.44. The predicted octanol–water partition coefficient (Wildman–Crippen LogP) is 0.402. The molecule has 0 saturated heterocycles. The maximum atomic E-state index is 10.3. The van der Waals surface area contributed by atoms with Gasteiger partial charge in [-0.3, -0.25) is 0 Å². The van der Waals surface area contributed by atoms with Crippen LogP contribution in [0.25, 0.3) is 0 Å². The molecule has 5 heteroatoms. The zero-order valence-electron chi connectivity index (χ0n) is 5.65. The third-order valence-corrected chi connectivity index (χ3v) is 1.18. The molecule has 0 aromatic rings. The van der Waals surface area contributed by atoms with Crippen LogP contribution < -0.4 is 0 Å². The van der Waals surface area contributed by atoms with Gasteiger partial charge in [-0.1, -0.05) is 0 Å². The van der Waals surface area contributed by atoms with Crippen molar-refractivity contribution in [3.63, 3.8) is 0 Å². The number of carboxylic acids is 2. The smallest absolute Gasteiger partial charge is 0.331 e. The largest absolute Gasteiger partial charge is 0.478 e. The molecule has 0 saturated carbocycles. The molecule has 11 heavy (non-hydrogen) atoms. The Labute approximate surface area is 68.9 Å². The number of aliphatic carboxylic acids is 2. The Morgan fingerprint density at radius 3 is 2.18 bits per heavy atom. The van der Waals surface area contributed by atoms with Gasteiger partial charge in [0.25, 0.3) is 0 Å². The molecular weight excluding hydrogens is 168 g/mol. The summed E-state index contributed by atoms with van der Waals surface area (Å²) in [7, 11) is 0. The summed E-state index contributed by atoms with van der Waals surface area (Å²) in [5.41, 5.74) is -0.132. The third-order valence-electron chi connectivity index (χ3n) is 0.954. The van der Waals surface area contributed by atoms with Crippen molar-refractivity contribution in [1.29, 1.82) is 0 Å². The van der Waals surface area contributed by atoms with Crippen molar-refractivity contribution >= 4 is 24.6 Å². The fourth-order valence-electron chi connectivity index (χ4n) is 0.510. The summed E-state index contributed by atoms with van der Waals surface area (Å²) < 4.78 is 0. The van der Waals surface area contributed by atoms with E-state index < -0.39 is 11.9 Å². The van der Waals surface area contributed by atoms with Crippen LogP contribution in [0.3, 0.4) is 0 Å². The second-order valence-electron chi connectivity index (χ2n) is 1.79. The molecule has 0 atom stereocenters. The van der Waals surface area contributed by atoms with Crippen LogP contribution in [0.5, 0.6) is 0 Å². The Morgan fingerprint density at radius 2 is 1.91 bits per heavy atom. The average Bonchev–Trinajstić information content (AvgIpc) is 1.86. The zero-order valence-corrected chi connectivity index (χ0v) is 6.54. The first-order valence-corrected chi connectivity index (χ1v) is 3.49. The van der Waals surface area contributed by atoms with Gasteiger partial charge < -0.3 is 10.2 Å². The normalized spacial score (nSPS) is 11.2. The minimum atomic E-state index is -1.25. The van der Waals surface area contributed by atoms with Crippen molar-refractivity contribution in [3.05, 3.63) is 11.6 Å². The number of hydrogen-bond donors (Lipinski definition) is 3. The Bertz CT molecular complexity index is 197. The number of carboxylic acid groups (broad SMARTS) is 2. The van der Waals surface area contributed by atoms with Crippen molar-refractivity contribution in [1.82, 2.24) is 0 Å². The van der Waals surface area contributed by atoms with Gasteiger partial charge in [0, 0.05) is 11.6 Å². The van der Waals surface area contributed by atoms with E-state index in [1.165, 1.54) is 0 Å². The topological polar surface area (TPSA) is 74.6 Å². The van der Waals surface area contributed by atoms with Gasteiger partial charge in [0.2, 0.25) is 0 Å². The van der Waals surface area contributed by atoms with Crippen LogP contribution in [0.4, 0.5) is 0 Å². The van der Waals surface area contributed by atoms with E-state index in [4.69, 9.17) is 10.2 Å². The van der Waals surface area contributed by atoms with Gasteiger partial charge in [-0.2, -0.15) is 12.6 Å². The number of thiol groups is 1. The molecule has 0 unspecified atom stereocenters. The maximum Gasteiger partial charge on any atom is 0.331 e.